The maximum Gasteiger partial charge on any atom is 0.120 e. The summed E-state index contributed by atoms with van der Waals surface area (Å²) in [5, 5.41) is 3.46. The fourth-order valence-electron chi connectivity index (χ4n) is 2.91. The Morgan fingerprint density at radius 1 is 1.05 bits per heavy atom. The number of nitrogens with one attached hydrogen (secondary N) is 1. The molecule has 0 aromatic heterocycles. The van der Waals surface area contributed by atoms with Crippen molar-refractivity contribution in [3.63, 3.8) is 0 Å². The minimum atomic E-state index is 0.203. The first-order valence-electron chi connectivity index (χ1n) is 7.69. The molecule has 1 atom stereocenters. The monoisotopic (exact) mass is 281 g/mol. The van der Waals surface area contributed by atoms with Crippen LogP contribution < -0.4 is 10.1 Å². The number of hydrogen-bond acceptors (Lipinski definition) is 2. The molecule has 2 aromatic rings. The SMILES string of the molecule is CNC(c1cccc(OC2CC2)c1)c1c(C)cccc1C. The zero-order valence-corrected chi connectivity index (χ0v) is 13.0. The lowest BCUT2D eigenvalue weighted by Gasteiger charge is -2.22. The molecule has 1 aliphatic rings. The van der Waals surface area contributed by atoms with E-state index in [0.717, 1.165) is 5.75 Å². The van der Waals surface area contributed by atoms with Crippen molar-refractivity contribution in [1.29, 1.82) is 0 Å². The van der Waals surface area contributed by atoms with Crippen LogP contribution in [0.15, 0.2) is 42.5 Å². The molecule has 1 unspecified atom stereocenters. The third-order valence-electron chi connectivity index (χ3n) is 4.14. The molecule has 21 heavy (non-hydrogen) atoms. The van der Waals surface area contributed by atoms with Crippen molar-refractivity contribution in [2.45, 2.75) is 38.8 Å². The molecule has 0 amide bonds. The Labute approximate surface area is 127 Å². The van der Waals surface area contributed by atoms with E-state index in [1.807, 2.05) is 7.05 Å². The van der Waals surface area contributed by atoms with Gasteiger partial charge in [0.2, 0.25) is 0 Å². The molecule has 1 saturated carbocycles. The van der Waals surface area contributed by atoms with E-state index in [4.69, 9.17) is 4.74 Å². The molecule has 1 aliphatic carbocycles. The van der Waals surface area contributed by atoms with Gasteiger partial charge in [0.25, 0.3) is 0 Å². The summed E-state index contributed by atoms with van der Waals surface area (Å²) in [4.78, 5) is 0. The number of benzene rings is 2. The van der Waals surface area contributed by atoms with E-state index >= 15 is 0 Å². The van der Waals surface area contributed by atoms with E-state index in [0.29, 0.717) is 6.10 Å². The van der Waals surface area contributed by atoms with Crippen LogP contribution in [-0.2, 0) is 0 Å². The Hall–Kier alpha value is -1.80. The predicted molar refractivity (Wildman–Crippen MR) is 86.9 cm³/mol. The van der Waals surface area contributed by atoms with Gasteiger partial charge in [-0.15, -0.1) is 0 Å². The van der Waals surface area contributed by atoms with Crippen LogP contribution in [0.25, 0.3) is 0 Å². The lowest BCUT2D eigenvalue weighted by Crippen LogP contribution is -2.20. The maximum atomic E-state index is 5.93. The van der Waals surface area contributed by atoms with E-state index in [2.05, 4.69) is 61.6 Å². The van der Waals surface area contributed by atoms with Gasteiger partial charge < -0.3 is 10.1 Å². The first-order valence-corrected chi connectivity index (χ1v) is 7.69. The van der Waals surface area contributed by atoms with E-state index in [1.54, 1.807) is 0 Å². The maximum absolute atomic E-state index is 5.93. The Balaban J connectivity index is 1.95. The molecule has 1 N–H and O–H groups in total. The molecular weight excluding hydrogens is 258 g/mol. The minimum absolute atomic E-state index is 0.203. The average molecular weight is 281 g/mol. The molecule has 0 saturated heterocycles. The van der Waals surface area contributed by atoms with Gasteiger partial charge >= 0.3 is 0 Å². The van der Waals surface area contributed by atoms with Crippen LogP contribution in [0.1, 0.15) is 41.1 Å². The Kier molecular flexibility index (Phi) is 3.98. The Morgan fingerprint density at radius 2 is 1.71 bits per heavy atom. The van der Waals surface area contributed by atoms with E-state index in [-0.39, 0.29) is 6.04 Å². The van der Waals surface area contributed by atoms with Crippen LogP contribution in [0, 0.1) is 13.8 Å². The summed E-state index contributed by atoms with van der Waals surface area (Å²) in [6, 6.07) is 15.2. The molecule has 0 bridgehead atoms. The zero-order valence-electron chi connectivity index (χ0n) is 13.0. The molecule has 110 valence electrons. The van der Waals surface area contributed by atoms with Gasteiger partial charge in [0.1, 0.15) is 5.75 Å². The summed E-state index contributed by atoms with van der Waals surface area (Å²) >= 11 is 0. The van der Waals surface area contributed by atoms with Gasteiger partial charge in [-0.2, -0.15) is 0 Å². The van der Waals surface area contributed by atoms with Gasteiger partial charge in [0.05, 0.1) is 12.1 Å². The lowest BCUT2D eigenvalue weighted by atomic mass is 9.91. The predicted octanol–water partition coefficient (Wildman–Crippen LogP) is 4.15. The molecule has 0 radical (unpaired) electrons. The summed E-state index contributed by atoms with van der Waals surface area (Å²) in [6.07, 6.45) is 2.82. The Bertz CT molecular complexity index is 611. The van der Waals surface area contributed by atoms with Gasteiger partial charge in [-0.25, -0.2) is 0 Å². The molecule has 3 rings (SSSR count). The van der Waals surface area contributed by atoms with Crippen molar-refractivity contribution in [1.82, 2.24) is 5.32 Å². The highest BCUT2D eigenvalue weighted by Gasteiger charge is 2.24. The standard InChI is InChI=1S/C19H23NO/c1-13-6-4-7-14(2)18(13)19(20-3)15-8-5-9-17(12-15)21-16-10-11-16/h4-9,12,16,19-20H,10-11H2,1-3H3. The van der Waals surface area contributed by atoms with Gasteiger partial charge in [-0.1, -0.05) is 30.3 Å². The number of hydrogen-bond donors (Lipinski definition) is 1. The first kappa shape index (κ1) is 14.2. The molecule has 1 fully saturated rings. The van der Waals surface area contributed by atoms with Gasteiger partial charge in [-0.05, 0) is 68.1 Å². The van der Waals surface area contributed by atoms with Gasteiger partial charge in [-0.3, -0.25) is 0 Å². The third kappa shape index (κ3) is 3.11. The highest BCUT2D eigenvalue weighted by Crippen LogP contribution is 2.32. The lowest BCUT2D eigenvalue weighted by molar-refractivity contribution is 0.302. The molecule has 0 heterocycles. The van der Waals surface area contributed by atoms with Crippen LogP contribution in [0.2, 0.25) is 0 Å². The number of rotatable bonds is 5. The van der Waals surface area contributed by atoms with Crippen LogP contribution in [0.4, 0.5) is 0 Å². The van der Waals surface area contributed by atoms with E-state index < -0.39 is 0 Å². The summed E-state index contributed by atoms with van der Waals surface area (Å²) in [6.45, 7) is 4.36. The summed E-state index contributed by atoms with van der Waals surface area (Å²) in [5.41, 5.74) is 5.27. The van der Waals surface area contributed by atoms with E-state index in [9.17, 15) is 0 Å². The zero-order chi connectivity index (χ0) is 14.8. The second-order valence-corrected chi connectivity index (χ2v) is 5.92. The largest absolute Gasteiger partial charge is 0.490 e. The summed E-state index contributed by atoms with van der Waals surface area (Å²) < 4.78 is 5.93. The summed E-state index contributed by atoms with van der Waals surface area (Å²) in [5.74, 6) is 0.987. The van der Waals surface area contributed by atoms with Crippen LogP contribution in [-0.4, -0.2) is 13.2 Å². The highest BCUT2D eigenvalue weighted by molar-refractivity contribution is 5.43. The quantitative estimate of drug-likeness (QED) is 0.889. The normalized spacial score (nSPS) is 15.8. The fraction of sp³-hybridized carbons (Fsp3) is 0.368. The molecule has 2 nitrogen and oxygen atoms in total. The van der Waals surface area contributed by atoms with Crippen molar-refractivity contribution >= 4 is 0 Å². The van der Waals surface area contributed by atoms with Crippen molar-refractivity contribution in [2.24, 2.45) is 0 Å². The van der Waals surface area contributed by atoms with Gasteiger partial charge in [0, 0.05) is 0 Å². The van der Waals surface area contributed by atoms with Crippen LogP contribution >= 0.6 is 0 Å². The molecule has 2 aromatic carbocycles. The van der Waals surface area contributed by atoms with Crippen molar-refractivity contribution in [3.8, 4) is 5.75 Å². The molecule has 2 heteroatoms. The van der Waals surface area contributed by atoms with Crippen LogP contribution in [0.3, 0.4) is 0 Å². The van der Waals surface area contributed by atoms with Crippen molar-refractivity contribution in [3.05, 3.63) is 64.7 Å². The van der Waals surface area contributed by atoms with Crippen molar-refractivity contribution in [2.75, 3.05) is 7.05 Å². The van der Waals surface area contributed by atoms with Gasteiger partial charge in [0.15, 0.2) is 0 Å². The van der Waals surface area contributed by atoms with Crippen molar-refractivity contribution < 1.29 is 4.74 Å². The molecular formula is C19H23NO. The molecule has 0 aliphatic heterocycles. The highest BCUT2D eigenvalue weighted by atomic mass is 16.5. The average Bonchev–Trinajstić information content (AvgIpc) is 3.27. The number of ether oxygens (including phenoxy) is 1. The summed E-state index contributed by atoms with van der Waals surface area (Å²) in [7, 11) is 2.02. The second-order valence-electron chi connectivity index (χ2n) is 5.92. The number of aryl methyl sites for hydroxylation is 2. The second kappa shape index (κ2) is 5.90. The topological polar surface area (TPSA) is 21.3 Å². The van der Waals surface area contributed by atoms with Crippen LogP contribution in [0.5, 0.6) is 5.75 Å². The Morgan fingerprint density at radius 3 is 2.33 bits per heavy atom. The molecule has 0 spiro atoms. The first-order chi connectivity index (χ1) is 10.2. The smallest absolute Gasteiger partial charge is 0.120 e. The third-order valence-corrected chi connectivity index (χ3v) is 4.14. The fourth-order valence-corrected chi connectivity index (χ4v) is 2.91. The van der Waals surface area contributed by atoms with E-state index in [1.165, 1.54) is 35.1 Å². The minimum Gasteiger partial charge on any atom is -0.490 e.